The van der Waals surface area contributed by atoms with Crippen LogP contribution in [0.25, 0.3) is 0 Å². The Labute approximate surface area is 130 Å². The maximum absolute atomic E-state index is 12.2. The number of carbonyl (C=O) groups is 1. The molecule has 2 heterocycles. The van der Waals surface area contributed by atoms with Crippen LogP contribution in [0.4, 0.5) is 5.00 Å². The lowest BCUT2D eigenvalue weighted by molar-refractivity contribution is -0.117. The molecular weight excluding hydrogens is 286 g/mol. The van der Waals surface area contributed by atoms with E-state index >= 15 is 0 Å². The number of aliphatic hydroxyl groups is 1. The number of nitrogens with one attached hydrogen (secondary N) is 1. The summed E-state index contributed by atoms with van der Waals surface area (Å²) in [6.07, 6.45) is 0. The molecule has 1 aliphatic rings. The minimum Gasteiger partial charge on any atom is -0.395 e. The predicted molar refractivity (Wildman–Crippen MR) is 87.1 cm³/mol. The van der Waals surface area contributed by atoms with E-state index in [1.54, 1.807) is 11.3 Å². The van der Waals surface area contributed by atoms with Crippen molar-refractivity contribution in [1.82, 2.24) is 9.80 Å². The second-order valence-corrected chi connectivity index (χ2v) is 6.85. The van der Waals surface area contributed by atoms with Gasteiger partial charge in [-0.2, -0.15) is 0 Å². The van der Waals surface area contributed by atoms with Gasteiger partial charge in [-0.25, -0.2) is 0 Å². The minimum atomic E-state index is 0.0648. The molecule has 0 radical (unpaired) electrons. The van der Waals surface area contributed by atoms with Gasteiger partial charge in [0.2, 0.25) is 5.91 Å². The lowest BCUT2D eigenvalue weighted by Gasteiger charge is -2.33. The maximum atomic E-state index is 12.2. The van der Waals surface area contributed by atoms with Crippen molar-refractivity contribution in [3.8, 4) is 0 Å². The van der Waals surface area contributed by atoms with E-state index in [1.165, 1.54) is 16.0 Å². The summed E-state index contributed by atoms with van der Waals surface area (Å²) >= 11 is 1.65. The molecule has 2 rings (SSSR count). The summed E-state index contributed by atoms with van der Waals surface area (Å²) in [5, 5.41) is 12.9. The molecule has 1 aromatic heterocycles. The van der Waals surface area contributed by atoms with Gasteiger partial charge in [-0.1, -0.05) is 0 Å². The van der Waals surface area contributed by atoms with Crippen LogP contribution in [0.15, 0.2) is 0 Å². The normalized spacial score (nSPS) is 17.1. The number of nitrogens with zero attached hydrogens (tertiary/aromatic N) is 2. The van der Waals surface area contributed by atoms with Gasteiger partial charge in [0.15, 0.2) is 0 Å². The van der Waals surface area contributed by atoms with Crippen LogP contribution in [0.5, 0.6) is 0 Å². The molecule has 0 bridgehead atoms. The number of thiophene rings is 1. The average Bonchev–Trinajstić information content (AvgIpc) is 2.69. The fourth-order valence-corrected chi connectivity index (χ4v) is 3.62. The highest BCUT2D eigenvalue weighted by Gasteiger charge is 2.19. The number of amides is 1. The highest BCUT2D eigenvalue weighted by Crippen LogP contribution is 2.31. The van der Waals surface area contributed by atoms with Crippen LogP contribution >= 0.6 is 11.3 Å². The second kappa shape index (κ2) is 7.35. The summed E-state index contributed by atoms with van der Waals surface area (Å²) in [6.45, 7) is 11.2. The smallest absolute Gasteiger partial charge is 0.239 e. The zero-order chi connectivity index (χ0) is 15.4. The largest absolute Gasteiger partial charge is 0.395 e. The third-order valence-corrected chi connectivity index (χ3v) is 5.41. The average molecular weight is 311 g/mol. The van der Waals surface area contributed by atoms with Crippen molar-refractivity contribution in [2.75, 3.05) is 51.2 Å². The van der Waals surface area contributed by atoms with E-state index in [1.807, 2.05) is 0 Å². The molecule has 0 aromatic carbocycles. The van der Waals surface area contributed by atoms with E-state index < -0.39 is 0 Å². The van der Waals surface area contributed by atoms with Crippen molar-refractivity contribution in [2.45, 2.75) is 20.8 Å². The maximum Gasteiger partial charge on any atom is 0.239 e. The third kappa shape index (κ3) is 4.26. The lowest BCUT2D eigenvalue weighted by Crippen LogP contribution is -2.49. The predicted octanol–water partition coefficient (Wildman–Crippen LogP) is 1.22. The van der Waals surface area contributed by atoms with Crippen LogP contribution < -0.4 is 5.32 Å². The number of rotatable bonds is 5. The molecule has 2 N–H and O–H groups in total. The lowest BCUT2D eigenvalue weighted by atomic mass is 10.2. The number of aliphatic hydroxyl groups excluding tert-OH is 1. The molecule has 21 heavy (non-hydrogen) atoms. The van der Waals surface area contributed by atoms with Gasteiger partial charge in [0.05, 0.1) is 18.2 Å². The van der Waals surface area contributed by atoms with Crippen molar-refractivity contribution in [1.29, 1.82) is 0 Å². The molecule has 1 saturated heterocycles. The van der Waals surface area contributed by atoms with Gasteiger partial charge in [0.1, 0.15) is 0 Å². The monoisotopic (exact) mass is 311 g/mol. The Kier molecular flexibility index (Phi) is 5.75. The molecule has 5 nitrogen and oxygen atoms in total. The number of anilines is 1. The molecule has 1 aromatic rings. The van der Waals surface area contributed by atoms with Crippen LogP contribution in [0.2, 0.25) is 0 Å². The molecule has 1 amide bonds. The molecule has 0 saturated carbocycles. The Morgan fingerprint density at radius 1 is 1.14 bits per heavy atom. The zero-order valence-electron chi connectivity index (χ0n) is 13.1. The van der Waals surface area contributed by atoms with Crippen molar-refractivity contribution >= 4 is 22.2 Å². The van der Waals surface area contributed by atoms with E-state index in [4.69, 9.17) is 5.11 Å². The van der Waals surface area contributed by atoms with E-state index in [0.29, 0.717) is 6.54 Å². The van der Waals surface area contributed by atoms with Crippen molar-refractivity contribution in [3.05, 3.63) is 16.0 Å². The Hall–Kier alpha value is -0.950. The first-order valence-corrected chi connectivity index (χ1v) is 8.25. The van der Waals surface area contributed by atoms with Crippen molar-refractivity contribution in [3.63, 3.8) is 0 Å². The number of aryl methyl sites for hydroxylation is 1. The molecule has 0 aliphatic carbocycles. The van der Waals surface area contributed by atoms with Gasteiger partial charge in [-0.3, -0.25) is 14.6 Å². The molecule has 0 atom stereocenters. The number of piperazine rings is 1. The molecule has 6 heteroatoms. The minimum absolute atomic E-state index is 0.0648. The van der Waals surface area contributed by atoms with E-state index in [-0.39, 0.29) is 12.5 Å². The van der Waals surface area contributed by atoms with Crippen LogP contribution in [0.3, 0.4) is 0 Å². The topological polar surface area (TPSA) is 55.8 Å². The first-order valence-electron chi connectivity index (χ1n) is 7.43. The Morgan fingerprint density at radius 2 is 1.76 bits per heavy atom. The van der Waals surface area contributed by atoms with E-state index in [9.17, 15) is 4.79 Å². The highest BCUT2D eigenvalue weighted by atomic mass is 32.1. The zero-order valence-corrected chi connectivity index (χ0v) is 13.9. The fourth-order valence-electron chi connectivity index (χ4n) is 2.54. The van der Waals surface area contributed by atoms with Gasteiger partial charge in [-0.15, -0.1) is 11.3 Å². The van der Waals surface area contributed by atoms with Gasteiger partial charge in [-0.05, 0) is 31.9 Å². The molecule has 0 spiro atoms. The highest BCUT2D eigenvalue weighted by molar-refractivity contribution is 7.16. The summed E-state index contributed by atoms with van der Waals surface area (Å²) in [5.74, 6) is 0.0648. The fraction of sp³-hybridized carbons (Fsp3) is 0.667. The summed E-state index contributed by atoms with van der Waals surface area (Å²) in [5.41, 5.74) is 2.45. The first-order chi connectivity index (χ1) is 10.0. The number of β-amino-alcohol motifs (C(OH)–C–C–N with tert-alkyl or cyclic N) is 1. The van der Waals surface area contributed by atoms with Gasteiger partial charge < -0.3 is 10.4 Å². The van der Waals surface area contributed by atoms with Crippen LogP contribution in [-0.4, -0.2) is 66.7 Å². The third-order valence-electron chi connectivity index (χ3n) is 4.19. The van der Waals surface area contributed by atoms with Crippen LogP contribution in [0.1, 0.15) is 16.0 Å². The van der Waals surface area contributed by atoms with Gasteiger partial charge in [0.25, 0.3) is 0 Å². The first kappa shape index (κ1) is 16.4. The molecule has 118 valence electrons. The summed E-state index contributed by atoms with van der Waals surface area (Å²) in [6, 6.07) is 0. The number of hydrogen-bond acceptors (Lipinski definition) is 5. The quantitative estimate of drug-likeness (QED) is 0.858. The van der Waals surface area contributed by atoms with Crippen LogP contribution in [-0.2, 0) is 4.79 Å². The number of carbonyl (C=O) groups excluding carboxylic acids is 1. The van der Waals surface area contributed by atoms with E-state index in [2.05, 4.69) is 35.9 Å². The standard InChI is InChI=1S/C15H25N3O2S/c1-11-12(2)15(21-13(11)3)16-14(20)10-18-6-4-17(5-7-18)8-9-19/h19H,4-10H2,1-3H3,(H,16,20). The molecular formula is C15H25N3O2S. The summed E-state index contributed by atoms with van der Waals surface area (Å²) in [7, 11) is 0. The molecule has 1 aliphatic heterocycles. The number of hydrogen-bond donors (Lipinski definition) is 2. The van der Waals surface area contributed by atoms with Gasteiger partial charge in [0, 0.05) is 37.6 Å². The second-order valence-electron chi connectivity index (χ2n) is 5.63. The van der Waals surface area contributed by atoms with E-state index in [0.717, 1.165) is 37.7 Å². The van der Waals surface area contributed by atoms with Crippen molar-refractivity contribution in [2.24, 2.45) is 0 Å². The Balaban J connectivity index is 1.81. The van der Waals surface area contributed by atoms with Gasteiger partial charge >= 0.3 is 0 Å². The Bertz CT molecular complexity index is 493. The van der Waals surface area contributed by atoms with Crippen LogP contribution in [0, 0.1) is 20.8 Å². The summed E-state index contributed by atoms with van der Waals surface area (Å²) < 4.78 is 0. The van der Waals surface area contributed by atoms with Crippen molar-refractivity contribution < 1.29 is 9.90 Å². The molecule has 1 fully saturated rings. The Morgan fingerprint density at radius 3 is 2.29 bits per heavy atom. The summed E-state index contributed by atoms with van der Waals surface area (Å²) in [4.78, 5) is 17.8. The SMILES string of the molecule is Cc1sc(NC(=O)CN2CCN(CCO)CC2)c(C)c1C. The molecule has 0 unspecified atom stereocenters.